The maximum Gasteiger partial charge on any atom is 0.118 e. The number of hydrogen-bond donors (Lipinski definition) is 0. The van der Waals surface area contributed by atoms with Gasteiger partial charge in [0.15, 0.2) is 0 Å². The van der Waals surface area contributed by atoms with Crippen LogP contribution >= 0.6 is 0 Å². The molecule has 1 aromatic carbocycles. The minimum absolute atomic E-state index is 0.431. The molecule has 0 heterocycles. The lowest BCUT2D eigenvalue weighted by Crippen LogP contribution is -2.22. The van der Waals surface area contributed by atoms with Crippen molar-refractivity contribution < 1.29 is 9.47 Å². The van der Waals surface area contributed by atoms with E-state index in [0.29, 0.717) is 12.5 Å². The third-order valence-electron chi connectivity index (χ3n) is 3.25. The zero-order valence-electron chi connectivity index (χ0n) is 13.5. The van der Waals surface area contributed by atoms with Crippen LogP contribution in [0.5, 0.6) is 5.75 Å². The Labute approximate surface area is 124 Å². The highest BCUT2D eigenvalue weighted by Crippen LogP contribution is 2.22. The average Bonchev–Trinajstić information content (AvgIpc) is 2.37. The third kappa shape index (κ3) is 6.39. The Hall–Kier alpha value is -1.06. The minimum Gasteiger partial charge on any atom is -0.497 e. The summed E-state index contributed by atoms with van der Waals surface area (Å²) in [7, 11) is 0.612. The van der Waals surface area contributed by atoms with Crippen molar-refractivity contribution in [2.24, 2.45) is 5.92 Å². The summed E-state index contributed by atoms with van der Waals surface area (Å²) >= 11 is 0. The summed E-state index contributed by atoms with van der Waals surface area (Å²) in [5.74, 6) is 1.31. The van der Waals surface area contributed by atoms with Crippen LogP contribution in [-0.4, -0.2) is 21.8 Å². The van der Waals surface area contributed by atoms with E-state index < -0.39 is 8.07 Å². The quantitative estimate of drug-likeness (QED) is 0.509. The van der Waals surface area contributed by atoms with E-state index in [0.717, 1.165) is 12.4 Å². The van der Waals surface area contributed by atoms with Crippen molar-refractivity contribution in [1.82, 2.24) is 0 Å². The molecule has 0 aromatic heterocycles. The van der Waals surface area contributed by atoms with E-state index >= 15 is 0 Å². The number of methoxy groups -OCH3 is 1. The van der Waals surface area contributed by atoms with Crippen molar-refractivity contribution in [3.05, 3.63) is 42.0 Å². The van der Waals surface area contributed by atoms with Crippen LogP contribution in [0, 0.1) is 5.92 Å². The normalized spacial score (nSPS) is 13.1. The van der Waals surface area contributed by atoms with Crippen LogP contribution in [0.3, 0.4) is 0 Å². The van der Waals surface area contributed by atoms with E-state index in [9.17, 15) is 0 Å². The summed E-state index contributed by atoms with van der Waals surface area (Å²) in [6.07, 6.45) is 0. The summed E-state index contributed by atoms with van der Waals surface area (Å²) < 4.78 is 10.9. The molecule has 0 radical (unpaired) electrons. The lowest BCUT2D eigenvalue weighted by atomic mass is 10.1. The van der Waals surface area contributed by atoms with Crippen molar-refractivity contribution in [2.75, 3.05) is 13.7 Å². The summed E-state index contributed by atoms with van der Waals surface area (Å²) in [5, 5.41) is 0. The summed E-state index contributed by atoms with van der Waals surface area (Å²) in [4.78, 5) is 0. The number of hydrogen-bond acceptors (Lipinski definition) is 2. The molecule has 1 rings (SSSR count). The topological polar surface area (TPSA) is 18.5 Å². The molecule has 1 atom stereocenters. The standard InChI is InChI=1S/C17H28O2Si/c1-14(15(2)13-20(4,5)6)11-19-12-16-7-9-17(18-3)10-8-16/h7-10,14H,2,11-13H2,1,3-6H3/t14-/m1/s1. The largest absolute Gasteiger partial charge is 0.497 e. The van der Waals surface area contributed by atoms with Gasteiger partial charge in [-0.1, -0.05) is 50.8 Å². The van der Waals surface area contributed by atoms with Crippen molar-refractivity contribution in [2.45, 2.75) is 39.2 Å². The molecule has 0 spiro atoms. The average molecular weight is 292 g/mol. The molecule has 0 unspecified atom stereocenters. The Morgan fingerprint density at radius 3 is 2.30 bits per heavy atom. The Morgan fingerprint density at radius 2 is 1.80 bits per heavy atom. The lowest BCUT2D eigenvalue weighted by Gasteiger charge is -2.22. The lowest BCUT2D eigenvalue weighted by molar-refractivity contribution is 0.101. The highest BCUT2D eigenvalue weighted by molar-refractivity contribution is 6.76. The van der Waals surface area contributed by atoms with E-state index in [2.05, 4.69) is 33.1 Å². The van der Waals surface area contributed by atoms with Gasteiger partial charge in [0.2, 0.25) is 0 Å². The van der Waals surface area contributed by atoms with Crippen LogP contribution in [-0.2, 0) is 11.3 Å². The highest BCUT2D eigenvalue weighted by atomic mass is 28.3. The van der Waals surface area contributed by atoms with Gasteiger partial charge in [-0.05, 0) is 29.7 Å². The zero-order chi connectivity index (χ0) is 15.2. The molecule has 0 saturated heterocycles. The van der Waals surface area contributed by atoms with Crippen LogP contribution in [0.1, 0.15) is 12.5 Å². The van der Waals surface area contributed by atoms with Gasteiger partial charge in [0, 0.05) is 8.07 Å². The molecular weight excluding hydrogens is 264 g/mol. The molecule has 0 amide bonds. The number of ether oxygens (including phenoxy) is 2. The van der Waals surface area contributed by atoms with Crippen molar-refractivity contribution in [3.8, 4) is 5.75 Å². The molecule has 0 bridgehead atoms. The molecule has 0 aliphatic heterocycles. The predicted molar refractivity (Wildman–Crippen MR) is 89.1 cm³/mol. The second-order valence-corrected chi connectivity index (χ2v) is 12.1. The third-order valence-corrected chi connectivity index (χ3v) is 4.76. The van der Waals surface area contributed by atoms with Crippen LogP contribution in [0.25, 0.3) is 0 Å². The molecule has 112 valence electrons. The molecular formula is C17H28O2Si. The SMILES string of the molecule is C=C(C[Si](C)(C)C)[C@H](C)COCc1ccc(OC)cc1. The van der Waals surface area contributed by atoms with Gasteiger partial charge in [-0.15, -0.1) is 0 Å². The van der Waals surface area contributed by atoms with Crippen LogP contribution < -0.4 is 4.74 Å². The molecule has 1 aromatic rings. The maximum atomic E-state index is 5.80. The predicted octanol–water partition coefficient (Wildman–Crippen LogP) is 4.74. The van der Waals surface area contributed by atoms with Gasteiger partial charge in [-0.3, -0.25) is 0 Å². The summed E-state index contributed by atoms with van der Waals surface area (Å²) in [6.45, 7) is 15.0. The first kappa shape index (κ1) is 17.0. The number of rotatable bonds is 8. The van der Waals surface area contributed by atoms with E-state index in [1.54, 1.807) is 7.11 Å². The molecule has 0 aliphatic rings. The summed E-state index contributed by atoms with van der Waals surface area (Å²) in [5.41, 5.74) is 2.51. The van der Waals surface area contributed by atoms with E-state index in [-0.39, 0.29) is 0 Å². The van der Waals surface area contributed by atoms with Crippen molar-refractivity contribution in [1.29, 1.82) is 0 Å². The maximum absolute atomic E-state index is 5.80. The fourth-order valence-electron chi connectivity index (χ4n) is 2.05. The molecule has 0 aliphatic carbocycles. The molecule has 20 heavy (non-hydrogen) atoms. The molecule has 2 nitrogen and oxygen atoms in total. The van der Waals surface area contributed by atoms with Gasteiger partial charge >= 0.3 is 0 Å². The first-order valence-electron chi connectivity index (χ1n) is 7.20. The molecule has 0 fully saturated rings. The number of benzene rings is 1. The first-order valence-corrected chi connectivity index (χ1v) is 10.9. The van der Waals surface area contributed by atoms with Crippen LogP contribution in [0.2, 0.25) is 25.7 Å². The fraction of sp³-hybridized carbons (Fsp3) is 0.529. The Kier molecular flexibility index (Phi) is 6.50. The molecule has 0 saturated carbocycles. The van der Waals surface area contributed by atoms with E-state index in [1.165, 1.54) is 17.2 Å². The van der Waals surface area contributed by atoms with Crippen LogP contribution in [0.4, 0.5) is 0 Å². The monoisotopic (exact) mass is 292 g/mol. The zero-order valence-corrected chi connectivity index (χ0v) is 14.5. The van der Waals surface area contributed by atoms with Gasteiger partial charge in [-0.2, -0.15) is 0 Å². The molecule has 0 N–H and O–H groups in total. The smallest absolute Gasteiger partial charge is 0.118 e. The summed E-state index contributed by atoms with van der Waals surface area (Å²) in [6, 6.07) is 9.19. The second-order valence-electron chi connectivity index (χ2n) is 6.66. The highest BCUT2D eigenvalue weighted by Gasteiger charge is 2.17. The van der Waals surface area contributed by atoms with E-state index in [4.69, 9.17) is 9.47 Å². The second kappa shape index (κ2) is 7.65. The first-order chi connectivity index (χ1) is 9.31. The van der Waals surface area contributed by atoms with Gasteiger partial charge in [0.1, 0.15) is 5.75 Å². The minimum atomic E-state index is -1.07. The van der Waals surface area contributed by atoms with E-state index in [1.807, 2.05) is 24.3 Å². The van der Waals surface area contributed by atoms with Gasteiger partial charge in [0.25, 0.3) is 0 Å². The van der Waals surface area contributed by atoms with Gasteiger partial charge < -0.3 is 9.47 Å². The van der Waals surface area contributed by atoms with Crippen LogP contribution in [0.15, 0.2) is 36.4 Å². The van der Waals surface area contributed by atoms with Gasteiger partial charge in [0.05, 0.1) is 20.3 Å². The molecule has 3 heteroatoms. The van der Waals surface area contributed by atoms with Crippen molar-refractivity contribution >= 4 is 8.07 Å². The van der Waals surface area contributed by atoms with Crippen molar-refractivity contribution in [3.63, 3.8) is 0 Å². The fourth-order valence-corrected chi connectivity index (χ4v) is 3.76. The Bertz CT molecular complexity index is 418. The van der Waals surface area contributed by atoms with Gasteiger partial charge in [-0.25, -0.2) is 0 Å². The Balaban J connectivity index is 2.34. The Morgan fingerprint density at radius 1 is 1.20 bits per heavy atom.